The molecule has 0 radical (unpaired) electrons. The summed E-state index contributed by atoms with van der Waals surface area (Å²) in [7, 11) is 0. The second-order valence-corrected chi connectivity index (χ2v) is 9.97. The van der Waals surface area contributed by atoms with Crippen molar-refractivity contribution in [1.82, 2.24) is 25.5 Å². The standard InChI is InChI=1S/C29H35N5O3/c1-4-6-9-16-29(3)18-23(17-27(36)37-5-2)34(26(35)19-29)20-21-12-14-22(15-13-21)24-10-7-8-11-25(24)28-30-32-33-31-28/h7-8,10-15,17H,4-6,9,16,18-20H2,1-3H3,(H,30,31,32,33)/b23-17+. The number of aromatic amines is 1. The first kappa shape index (κ1) is 26.3. The zero-order valence-corrected chi connectivity index (χ0v) is 21.9. The third-order valence-corrected chi connectivity index (χ3v) is 6.91. The molecule has 194 valence electrons. The van der Waals surface area contributed by atoms with E-state index in [0.717, 1.165) is 53.6 Å². The van der Waals surface area contributed by atoms with Crippen molar-refractivity contribution in [3.05, 3.63) is 65.9 Å². The van der Waals surface area contributed by atoms with Gasteiger partial charge in [-0.15, -0.1) is 10.2 Å². The van der Waals surface area contributed by atoms with E-state index in [1.165, 1.54) is 6.08 Å². The quantitative estimate of drug-likeness (QED) is 0.218. The lowest BCUT2D eigenvalue weighted by Crippen LogP contribution is -2.41. The highest BCUT2D eigenvalue weighted by Gasteiger charge is 2.38. The predicted octanol–water partition coefficient (Wildman–Crippen LogP) is 5.69. The number of ether oxygens (including phenoxy) is 1. The Balaban J connectivity index is 1.56. The van der Waals surface area contributed by atoms with Crippen molar-refractivity contribution in [3.63, 3.8) is 0 Å². The van der Waals surface area contributed by atoms with Gasteiger partial charge in [0.2, 0.25) is 11.7 Å². The summed E-state index contributed by atoms with van der Waals surface area (Å²) < 4.78 is 5.18. The zero-order chi connectivity index (χ0) is 26.3. The van der Waals surface area contributed by atoms with Gasteiger partial charge in [-0.25, -0.2) is 4.79 Å². The summed E-state index contributed by atoms with van der Waals surface area (Å²) in [6.07, 6.45) is 7.00. The molecule has 4 rings (SSSR count). The van der Waals surface area contributed by atoms with Crippen molar-refractivity contribution in [3.8, 4) is 22.5 Å². The number of piperidine rings is 1. The number of tetrazole rings is 1. The number of hydrogen-bond donors (Lipinski definition) is 1. The Labute approximate surface area is 218 Å². The van der Waals surface area contributed by atoms with Crippen LogP contribution in [0.2, 0.25) is 0 Å². The number of allylic oxidation sites excluding steroid dienone is 1. The molecule has 1 unspecified atom stereocenters. The fraction of sp³-hybridized carbons (Fsp3) is 0.414. The monoisotopic (exact) mass is 501 g/mol. The highest BCUT2D eigenvalue weighted by molar-refractivity contribution is 5.86. The number of amides is 1. The minimum absolute atomic E-state index is 0.0484. The van der Waals surface area contributed by atoms with Crippen molar-refractivity contribution < 1.29 is 14.3 Å². The molecule has 3 aromatic rings. The Morgan fingerprint density at radius 1 is 1.08 bits per heavy atom. The van der Waals surface area contributed by atoms with E-state index in [1.54, 1.807) is 11.8 Å². The lowest BCUT2D eigenvalue weighted by Gasteiger charge is -2.41. The van der Waals surface area contributed by atoms with Gasteiger partial charge in [0.1, 0.15) is 0 Å². The second kappa shape index (κ2) is 12.0. The largest absolute Gasteiger partial charge is 0.463 e. The molecule has 2 heterocycles. The number of hydrogen-bond acceptors (Lipinski definition) is 6. The van der Waals surface area contributed by atoms with Gasteiger partial charge in [-0.2, -0.15) is 5.21 Å². The van der Waals surface area contributed by atoms with Gasteiger partial charge in [-0.3, -0.25) is 4.79 Å². The molecule has 2 aromatic carbocycles. The van der Waals surface area contributed by atoms with Crippen LogP contribution < -0.4 is 0 Å². The fourth-order valence-corrected chi connectivity index (χ4v) is 5.01. The molecule has 1 fully saturated rings. The Bertz CT molecular complexity index is 1240. The third kappa shape index (κ3) is 6.50. The number of benzene rings is 2. The van der Waals surface area contributed by atoms with Crippen molar-refractivity contribution in [2.45, 2.75) is 65.8 Å². The molecule has 8 nitrogen and oxygen atoms in total. The number of carbonyl (C=O) groups excluding carboxylic acids is 2. The summed E-state index contributed by atoms with van der Waals surface area (Å²) in [5.41, 5.74) is 4.47. The minimum Gasteiger partial charge on any atom is -0.463 e. The van der Waals surface area contributed by atoms with Gasteiger partial charge < -0.3 is 9.64 Å². The Morgan fingerprint density at radius 2 is 1.84 bits per heavy atom. The lowest BCUT2D eigenvalue weighted by molar-refractivity contribution is -0.137. The molecule has 1 atom stereocenters. The summed E-state index contributed by atoms with van der Waals surface area (Å²) in [6, 6.07) is 16.0. The Morgan fingerprint density at radius 3 is 2.51 bits per heavy atom. The highest BCUT2D eigenvalue weighted by atomic mass is 16.5. The fourth-order valence-electron chi connectivity index (χ4n) is 5.01. The predicted molar refractivity (Wildman–Crippen MR) is 142 cm³/mol. The van der Waals surface area contributed by atoms with Crippen LogP contribution in [-0.4, -0.2) is 44.0 Å². The zero-order valence-electron chi connectivity index (χ0n) is 21.9. The number of esters is 1. The van der Waals surface area contributed by atoms with E-state index in [9.17, 15) is 9.59 Å². The van der Waals surface area contributed by atoms with Crippen LogP contribution in [-0.2, 0) is 20.9 Å². The number of unbranched alkanes of at least 4 members (excludes halogenated alkanes) is 2. The van der Waals surface area contributed by atoms with E-state index >= 15 is 0 Å². The normalized spacial score (nSPS) is 18.8. The lowest BCUT2D eigenvalue weighted by atomic mass is 9.74. The van der Waals surface area contributed by atoms with E-state index in [0.29, 0.717) is 31.8 Å². The molecule has 1 amide bonds. The van der Waals surface area contributed by atoms with Gasteiger partial charge in [0, 0.05) is 23.8 Å². The number of H-pyrrole nitrogens is 1. The SMILES string of the molecule is CCCCCC1(C)CC(=O)N(Cc2ccc(-c3ccccc3-c3nn[nH]n3)cc2)/C(=C/C(=O)OCC)C1. The molecule has 0 spiro atoms. The smallest absolute Gasteiger partial charge is 0.332 e. The molecule has 1 saturated heterocycles. The molecule has 8 heteroatoms. The number of likely N-dealkylation sites (tertiary alicyclic amines) is 1. The van der Waals surface area contributed by atoms with Crippen molar-refractivity contribution in [2.75, 3.05) is 6.61 Å². The summed E-state index contributed by atoms with van der Waals surface area (Å²) in [6.45, 7) is 6.83. The topological polar surface area (TPSA) is 101 Å². The highest BCUT2D eigenvalue weighted by Crippen LogP contribution is 2.42. The number of nitrogens with zero attached hydrogens (tertiary/aromatic N) is 4. The van der Waals surface area contributed by atoms with Gasteiger partial charge in [0.15, 0.2) is 0 Å². The first-order chi connectivity index (χ1) is 17.9. The molecule has 0 bridgehead atoms. The summed E-state index contributed by atoms with van der Waals surface area (Å²) >= 11 is 0. The maximum atomic E-state index is 13.4. The second-order valence-electron chi connectivity index (χ2n) is 9.97. The van der Waals surface area contributed by atoms with Crippen LogP contribution in [0.4, 0.5) is 0 Å². The molecular weight excluding hydrogens is 466 g/mol. The van der Waals surface area contributed by atoms with Crippen LogP contribution in [0.1, 0.15) is 64.9 Å². The van der Waals surface area contributed by atoms with E-state index < -0.39 is 5.97 Å². The van der Waals surface area contributed by atoms with Gasteiger partial charge in [-0.05, 0) is 47.1 Å². The molecule has 1 N–H and O–H groups in total. The number of aromatic nitrogens is 4. The van der Waals surface area contributed by atoms with E-state index in [-0.39, 0.29) is 11.3 Å². The van der Waals surface area contributed by atoms with Crippen LogP contribution in [0, 0.1) is 5.41 Å². The van der Waals surface area contributed by atoms with Crippen molar-refractivity contribution >= 4 is 11.9 Å². The first-order valence-electron chi connectivity index (χ1n) is 13.0. The third-order valence-electron chi connectivity index (χ3n) is 6.91. The van der Waals surface area contributed by atoms with Gasteiger partial charge >= 0.3 is 5.97 Å². The van der Waals surface area contributed by atoms with E-state index in [2.05, 4.69) is 34.5 Å². The Hall–Kier alpha value is -3.81. The first-order valence-corrected chi connectivity index (χ1v) is 13.0. The maximum absolute atomic E-state index is 13.4. The summed E-state index contributed by atoms with van der Waals surface area (Å²) in [4.78, 5) is 27.5. The van der Waals surface area contributed by atoms with Crippen LogP contribution in [0.3, 0.4) is 0 Å². The van der Waals surface area contributed by atoms with Crippen LogP contribution >= 0.6 is 0 Å². The van der Waals surface area contributed by atoms with Crippen LogP contribution in [0.5, 0.6) is 0 Å². The molecule has 37 heavy (non-hydrogen) atoms. The van der Waals surface area contributed by atoms with Gasteiger partial charge in [-0.1, -0.05) is 81.6 Å². The van der Waals surface area contributed by atoms with E-state index in [4.69, 9.17) is 4.74 Å². The minimum atomic E-state index is -0.401. The molecular formula is C29H35N5O3. The molecule has 0 saturated carbocycles. The van der Waals surface area contributed by atoms with Crippen molar-refractivity contribution in [1.29, 1.82) is 0 Å². The average Bonchev–Trinajstić information content (AvgIpc) is 3.42. The van der Waals surface area contributed by atoms with E-state index in [1.807, 2.05) is 48.5 Å². The Kier molecular flexibility index (Phi) is 8.48. The summed E-state index contributed by atoms with van der Waals surface area (Å²) in [5.74, 6) is 0.183. The van der Waals surface area contributed by atoms with Crippen LogP contribution in [0.25, 0.3) is 22.5 Å². The van der Waals surface area contributed by atoms with Crippen LogP contribution in [0.15, 0.2) is 60.3 Å². The van der Waals surface area contributed by atoms with Gasteiger partial charge in [0.25, 0.3) is 0 Å². The maximum Gasteiger partial charge on any atom is 0.332 e. The van der Waals surface area contributed by atoms with Gasteiger partial charge in [0.05, 0.1) is 13.2 Å². The average molecular weight is 502 g/mol. The molecule has 1 aliphatic rings. The summed E-state index contributed by atoms with van der Waals surface area (Å²) in [5, 5.41) is 14.4. The molecule has 0 aliphatic carbocycles. The number of carbonyl (C=O) groups is 2. The molecule has 1 aromatic heterocycles. The van der Waals surface area contributed by atoms with Crippen molar-refractivity contribution in [2.24, 2.45) is 5.41 Å². The number of nitrogens with one attached hydrogen (secondary N) is 1. The number of rotatable bonds is 10. The molecule has 1 aliphatic heterocycles.